The van der Waals surface area contributed by atoms with Crippen LogP contribution in [0.25, 0.3) is 0 Å². The summed E-state index contributed by atoms with van der Waals surface area (Å²) in [5.41, 5.74) is 12.5. The molecule has 96 valence electrons. The second-order valence-electron chi connectivity index (χ2n) is 4.02. The van der Waals surface area contributed by atoms with E-state index in [1.807, 2.05) is 19.1 Å². The maximum Gasteiger partial charge on any atom is 0.248 e. The summed E-state index contributed by atoms with van der Waals surface area (Å²) in [6.45, 7) is 8.36. The average Bonchev–Trinajstić information content (AvgIpc) is 2.30. The monoisotopic (exact) mass is 236 g/mol. The number of carbonyl (C=O) groups is 1. The molecule has 0 aromatic heterocycles. The minimum Gasteiger partial charge on any atom is -0.366 e. The van der Waals surface area contributed by atoms with Crippen LogP contribution in [0.1, 0.15) is 33.1 Å². The van der Waals surface area contributed by atoms with E-state index in [1.165, 1.54) is 6.08 Å². The summed E-state index contributed by atoms with van der Waals surface area (Å²) in [7, 11) is 0. The second kappa shape index (κ2) is 8.76. The fraction of sp³-hybridized carbons (Fsp3) is 0.500. The number of amides is 1. The normalized spacial score (nSPS) is 14.5. The van der Waals surface area contributed by atoms with E-state index in [1.54, 1.807) is 0 Å². The number of hydrogen-bond donors (Lipinski definition) is 2. The third-order valence-electron chi connectivity index (χ3n) is 2.78. The van der Waals surface area contributed by atoms with Gasteiger partial charge in [0.2, 0.25) is 5.91 Å². The summed E-state index contributed by atoms with van der Waals surface area (Å²) >= 11 is 0. The molecular formula is C14H24N2O. The molecule has 1 atom stereocenters. The van der Waals surface area contributed by atoms with Crippen LogP contribution in [-0.4, -0.2) is 12.5 Å². The van der Waals surface area contributed by atoms with Gasteiger partial charge in [-0.2, -0.15) is 0 Å². The van der Waals surface area contributed by atoms with Gasteiger partial charge in [-0.15, -0.1) is 0 Å². The van der Waals surface area contributed by atoms with Crippen LogP contribution in [0.2, 0.25) is 0 Å². The van der Waals surface area contributed by atoms with Crippen molar-refractivity contribution in [1.82, 2.24) is 0 Å². The highest BCUT2D eigenvalue weighted by Gasteiger charge is 2.12. The molecular weight excluding hydrogens is 212 g/mol. The minimum absolute atomic E-state index is 0.393. The lowest BCUT2D eigenvalue weighted by molar-refractivity contribution is -0.114. The van der Waals surface area contributed by atoms with E-state index in [2.05, 4.69) is 13.5 Å². The molecule has 0 rings (SSSR count). The van der Waals surface area contributed by atoms with E-state index < -0.39 is 5.91 Å². The van der Waals surface area contributed by atoms with Crippen LogP contribution < -0.4 is 11.5 Å². The summed E-state index contributed by atoms with van der Waals surface area (Å²) in [5, 5.41) is 0. The van der Waals surface area contributed by atoms with Crippen LogP contribution in [0.5, 0.6) is 0 Å². The Balaban J connectivity index is 5.03. The van der Waals surface area contributed by atoms with Gasteiger partial charge >= 0.3 is 0 Å². The highest BCUT2D eigenvalue weighted by atomic mass is 16.1. The smallest absolute Gasteiger partial charge is 0.248 e. The fourth-order valence-electron chi connectivity index (χ4n) is 1.87. The fourth-order valence-corrected chi connectivity index (χ4v) is 1.87. The number of carbonyl (C=O) groups excluding carboxylic acids is 1. The lowest BCUT2D eigenvalue weighted by atomic mass is 9.89. The summed E-state index contributed by atoms with van der Waals surface area (Å²) in [6, 6.07) is 0. The van der Waals surface area contributed by atoms with E-state index >= 15 is 0 Å². The van der Waals surface area contributed by atoms with E-state index in [-0.39, 0.29) is 0 Å². The van der Waals surface area contributed by atoms with Crippen molar-refractivity contribution in [1.29, 1.82) is 0 Å². The highest BCUT2D eigenvalue weighted by molar-refractivity contribution is 5.95. The molecule has 1 amide bonds. The molecule has 0 saturated heterocycles. The van der Waals surface area contributed by atoms with Crippen LogP contribution in [-0.2, 0) is 4.79 Å². The Hall–Kier alpha value is -1.35. The predicted octanol–water partition coefficient (Wildman–Crippen LogP) is 2.30. The van der Waals surface area contributed by atoms with Crippen molar-refractivity contribution in [3.05, 3.63) is 36.0 Å². The molecule has 0 bridgehead atoms. The van der Waals surface area contributed by atoms with E-state index in [4.69, 9.17) is 11.5 Å². The number of rotatable bonds is 8. The largest absolute Gasteiger partial charge is 0.366 e. The molecule has 17 heavy (non-hydrogen) atoms. The molecule has 3 nitrogen and oxygen atoms in total. The molecule has 0 fully saturated rings. The molecule has 0 aromatic rings. The molecule has 0 spiro atoms. The van der Waals surface area contributed by atoms with Crippen molar-refractivity contribution in [2.24, 2.45) is 17.4 Å². The van der Waals surface area contributed by atoms with Gasteiger partial charge in [-0.3, -0.25) is 4.79 Å². The summed E-state index contributed by atoms with van der Waals surface area (Å²) in [4.78, 5) is 11.2. The zero-order valence-electron chi connectivity index (χ0n) is 10.9. The van der Waals surface area contributed by atoms with Crippen molar-refractivity contribution < 1.29 is 4.79 Å². The highest BCUT2D eigenvalue weighted by Crippen LogP contribution is 2.23. The van der Waals surface area contributed by atoms with E-state index in [0.29, 0.717) is 18.0 Å². The van der Waals surface area contributed by atoms with Crippen LogP contribution in [0.4, 0.5) is 0 Å². The molecule has 0 aliphatic rings. The average molecular weight is 236 g/mol. The number of primary amides is 1. The molecule has 3 heteroatoms. The number of hydrogen-bond acceptors (Lipinski definition) is 2. The Bertz CT molecular complexity index is 310. The molecule has 0 aliphatic heterocycles. The van der Waals surface area contributed by atoms with Gasteiger partial charge in [0.25, 0.3) is 0 Å². The molecule has 1 unspecified atom stereocenters. The Morgan fingerprint density at radius 1 is 1.41 bits per heavy atom. The zero-order valence-corrected chi connectivity index (χ0v) is 10.9. The van der Waals surface area contributed by atoms with Crippen molar-refractivity contribution in [3.63, 3.8) is 0 Å². The minimum atomic E-state index is -0.442. The molecule has 0 aliphatic carbocycles. The Kier molecular flexibility index (Phi) is 8.07. The van der Waals surface area contributed by atoms with Gasteiger partial charge in [0.05, 0.1) is 0 Å². The summed E-state index contributed by atoms with van der Waals surface area (Å²) < 4.78 is 0. The van der Waals surface area contributed by atoms with Crippen LogP contribution >= 0.6 is 0 Å². The van der Waals surface area contributed by atoms with E-state index in [0.717, 1.165) is 24.8 Å². The van der Waals surface area contributed by atoms with Crippen molar-refractivity contribution in [3.8, 4) is 0 Å². The Labute approximate surface area is 104 Å². The Morgan fingerprint density at radius 3 is 2.41 bits per heavy atom. The first-order valence-electron chi connectivity index (χ1n) is 6.10. The van der Waals surface area contributed by atoms with Crippen molar-refractivity contribution in [2.45, 2.75) is 33.1 Å². The van der Waals surface area contributed by atoms with Gasteiger partial charge in [-0.25, -0.2) is 0 Å². The molecule has 0 saturated carbocycles. The molecule has 0 aromatic carbocycles. The maximum absolute atomic E-state index is 11.2. The zero-order chi connectivity index (χ0) is 13.3. The van der Waals surface area contributed by atoms with Gasteiger partial charge in [0, 0.05) is 5.57 Å². The van der Waals surface area contributed by atoms with E-state index in [9.17, 15) is 4.79 Å². The standard InChI is InChI=1S/C14H24N2O/c1-4-7-13(8-9-15)11(5-2)10-12(6-3)14(16)17/h5-6,10,13H,3-4,7-9,15H2,1-2H3,(H2,16,17)/b11-5+,12-10+. The second-order valence-corrected chi connectivity index (χ2v) is 4.02. The van der Waals surface area contributed by atoms with Gasteiger partial charge < -0.3 is 11.5 Å². The van der Waals surface area contributed by atoms with Crippen molar-refractivity contribution in [2.75, 3.05) is 6.54 Å². The first-order chi connectivity index (χ1) is 8.10. The van der Waals surface area contributed by atoms with Crippen molar-refractivity contribution >= 4 is 5.91 Å². The maximum atomic E-state index is 11.2. The molecule has 0 radical (unpaired) electrons. The quantitative estimate of drug-likeness (QED) is 0.501. The van der Waals surface area contributed by atoms with Gasteiger partial charge in [0.1, 0.15) is 0 Å². The van der Waals surface area contributed by atoms with Gasteiger partial charge in [-0.05, 0) is 43.9 Å². The third kappa shape index (κ3) is 5.50. The SMILES string of the molecule is C=C/C(=C\C(=C/C)C(CCC)CCN)C(N)=O. The molecule has 4 N–H and O–H groups in total. The lowest BCUT2D eigenvalue weighted by Gasteiger charge is -2.17. The van der Waals surface area contributed by atoms with Gasteiger partial charge in [-0.1, -0.05) is 32.1 Å². The lowest BCUT2D eigenvalue weighted by Crippen LogP contribution is -2.15. The first-order valence-corrected chi connectivity index (χ1v) is 6.10. The Morgan fingerprint density at radius 2 is 2.06 bits per heavy atom. The van der Waals surface area contributed by atoms with Crippen LogP contribution in [0.3, 0.4) is 0 Å². The van der Waals surface area contributed by atoms with Crippen LogP contribution in [0, 0.1) is 5.92 Å². The topological polar surface area (TPSA) is 69.1 Å². The number of allylic oxidation sites excluding steroid dienone is 3. The summed E-state index contributed by atoms with van der Waals surface area (Å²) in [6.07, 6.45) is 8.42. The molecule has 0 heterocycles. The summed E-state index contributed by atoms with van der Waals surface area (Å²) in [5.74, 6) is -0.0494. The predicted molar refractivity (Wildman–Crippen MR) is 73.3 cm³/mol. The third-order valence-corrected chi connectivity index (χ3v) is 2.78. The first kappa shape index (κ1) is 15.7. The van der Waals surface area contributed by atoms with Gasteiger partial charge in [0.15, 0.2) is 0 Å². The van der Waals surface area contributed by atoms with Crippen LogP contribution in [0.15, 0.2) is 36.0 Å². The number of nitrogens with two attached hydrogens (primary N) is 2.